The summed E-state index contributed by atoms with van der Waals surface area (Å²) in [6.07, 6.45) is -0.273. The molecule has 1 atom stereocenters. The predicted octanol–water partition coefficient (Wildman–Crippen LogP) is 0.911. The number of H-pyrrole nitrogens is 1. The minimum Gasteiger partial charge on any atom is -0.390 e. The number of likely N-dealkylation sites (N-methyl/N-ethyl adjacent to an activating group) is 1. The smallest absolute Gasteiger partial charge is 0.121 e. The number of nitrogens with zero attached hydrogens (tertiary/aromatic N) is 4. The van der Waals surface area contributed by atoms with Crippen molar-refractivity contribution < 1.29 is 5.11 Å². The van der Waals surface area contributed by atoms with Crippen LogP contribution in [0, 0.1) is 6.92 Å². The van der Waals surface area contributed by atoms with E-state index >= 15 is 0 Å². The molecule has 24 heavy (non-hydrogen) atoms. The van der Waals surface area contributed by atoms with E-state index in [1.54, 1.807) is 0 Å². The third kappa shape index (κ3) is 4.54. The normalized spacial score (nSPS) is 18.5. The summed E-state index contributed by atoms with van der Waals surface area (Å²) in [5, 5.41) is 10.1. The number of aliphatic hydroxyl groups excluding tert-OH is 1. The zero-order chi connectivity index (χ0) is 17.1. The third-order valence-electron chi connectivity index (χ3n) is 4.57. The second-order valence-corrected chi connectivity index (χ2v) is 7.20. The number of hydrogen-bond acceptors (Lipinski definition) is 5. The molecule has 0 amide bonds. The van der Waals surface area contributed by atoms with E-state index < -0.39 is 0 Å². The van der Waals surface area contributed by atoms with Crippen molar-refractivity contribution in [3.8, 4) is 0 Å². The van der Waals surface area contributed by atoms with E-state index in [0.29, 0.717) is 0 Å². The lowest BCUT2D eigenvalue weighted by atomic mass is 10.2. The van der Waals surface area contributed by atoms with E-state index in [1.165, 1.54) is 5.56 Å². The first-order valence-electron chi connectivity index (χ1n) is 8.72. The van der Waals surface area contributed by atoms with Gasteiger partial charge < -0.3 is 15.0 Å². The highest BCUT2D eigenvalue weighted by Crippen LogP contribution is 2.15. The number of hydrogen-bond donors (Lipinski definition) is 2. The van der Waals surface area contributed by atoms with Crippen molar-refractivity contribution in [3.05, 3.63) is 29.6 Å². The van der Waals surface area contributed by atoms with Gasteiger partial charge in [0.1, 0.15) is 5.82 Å². The summed E-state index contributed by atoms with van der Waals surface area (Å²) in [6.45, 7) is 8.49. The number of imidazole rings is 1. The Morgan fingerprint density at radius 2 is 1.92 bits per heavy atom. The average molecular weight is 331 g/mol. The van der Waals surface area contributed by atoms with Crippen molar-refractivity contribution >= 4 is 11.0 Å². The average Bonchev–Trinajstić information content (AvgIpc) is 2.89. The van der Waals surface area contributed by atoms with Gasteiger partial charge in [0.25, 0.3) is 0 Å². The topological polar surface area (TPSA) is 58.6 Å². The number of β-amino-alcohol motifs (C(OH)–C–C–N with tert-alkyl or cyclic N) is 1. The van der Waals surface area contributed by atoms with Crippen LogP contribution in [0.1, 0.15) is 11.4 Å². The summed E-state index contributed by atoms with van der Waals surface area (Å²) in [7, 11) is 3.99. The van der Waals surface area contributed by atoms with Gasteiger partial charge in [-0.15, -0.1) is 0 Å². The Bertz CT molecular complexity index is 660. The summed E-state index contributed by atoms with van der Waals surface area (Å²) in [4.78, 5) is 14.9. The molecule has 132 valence electrons. The highest BCUT2D eigenvalue weighted by Gasteiger charge is 2.20. The lowest BCUT2D eigenvalue weighted by molar-refractivity contribution is 0.0570. The van der Waals surface area contributed by atoms with Gasteiger partial charge in [-0.3, -0.25) is 9.80 Å². The fourth-order valence-electron chi connectivity index (χ4n) is 3.37. The molecule has 1 aliphatic rings. The number of aromatic nitrogens is 2. The first-order valence-corrected chi connectivity index (χ1v) is 8.72. The number of rotatable bonds is 6. The van der Waals surface area contributed by atoms with Gasteiger partial charge in [-0.25, -0.2) is 4.98 Å². The largest absolute Gasteiger partial charge is 0.390 e. The maximum Gasteiger partial charge on any atom is 0.121 e. The molecule has 6 heteroatoms. The summed E-state index contributed by atoms with van der Waals surface area (Å²) in [5.74, 6) is 1.04. The van der Waals surface area contributed by atoms with Gasteiger partial charge in [0.2, 0.25) is 0 Å². The van der Waals surface area contributed by atoms with E-state index in [2.05, 4.69) is 39.9 Å². The first-order chi connectivity index (χ1) is 11.5. The monoisotopic (exact) mass is 331 g/mol. The zero-order valence-electron chi connectivity index (χ0n) is 15.0. The number of aliphatic hydroxyl groups is 1. The molecule has 1 aromatic heterocycles. The third-order valence-corrected chi connectivity index (χ3v) is 4.57. The maximum absolute atomic E-state index is 10.1. The van der Waals surface area contributed by atoms with Crippen molar-refractivity contribution in [3.63, 3.8) is 0 Å². The van der Waals surface area contributed by atoms with Crippen LogP contribution in [0.3, 0.4) is 0 Å². The van der Waals surface area contributed by atoms with Gasteiger partial charge in [0.05, 0.1) is 23.7 Å². The number of benzene rings is 1. The van der Waals surface area contributed by atoms with Crippen LogP contribution >= 0.6 is 0 Å². The molecule has 0 spiro atoms. The molecule has 6 nitrogen and oxygen atoms in total. The Kier molecular flexibility index (Phi) is 5.50. The van der Waals surface area contributed by atoms with Crippen LogP contribution < -0.4 is 0 Å². The van der Waals surface area contributed by atoms with Crippen LogP contribution in [0.4, 0.5) is 0 Å². The van der Waals surface area contributed by atoms with Gasteiger partial charge in [-0.2, -0.15) is 0 Å². The molecule has 1 saturated heterocycles. The van der Waals surface area contributed by atoms with E-state index in [9.17, 15) is 5.11 Å². The molecule has 2 aromatic rings. The summed E-state index contributed by atoms with van der Waals surface area (Å²) < 4.78 is 0. The molecule has 2 heterocycles. The van der Waals surface area contributed by atoms with Gasteiger partial charge in [0, 0.05) is 39.3 Å². The van der Waals surface area contributed by atoms with Crippen LogP contribution in [-0.4, -0.2) is 89.2 Å². The molecule has 0 bridgehead atoms. The maximum atomic E-state index is 10.1. The SMILES string of the molecule is Cc1ccc2nc(CN3CCN(CC(O)CN(C)C)CC3)[nH]c2c1. The van der Waals surface area contributed by atoms with Crippen molar-refractivity contribution in [2.75, 3.05) is 53.4 Å². The Balaban J connectivity index is 1.49. The number of piperazine rings is 1. The number of aryl methyl sites for hydroxylation is 1. The Hall–Kier alpha value is -1.47. The zero-order valence-corrected chi connectivity index (χ0v) is 15.0. The van der Waals surface area contributed by atoms with Gasteiger partial charge >= 0.3 is 0 Å². The van der Waals surface area contributed by atoms with E-state index in [1.807, 2.05) is 19.0 Å². The van der Waals surface area contributed by atoms with Crippen LogP contribution in [-0.2, 0) is 6.54 Å². The molecular weight excluding hydrogens is 302 g/mol. The molecule has 1 unspecified atom stereocenters. The molecule has 1 fully saturated rings. The van der Waals surface area contributed by atoms with Gasteiger partial charge in [0.15, 0.2) is 0 Å². The molecule has 3 rings (SSSR count). The standard InChI is InChI=1S/C18H29N5O/c1-14-4-5-16-17(10-14)20-18(19-16)13-23-8-6-22(7-9-23)12-15(24)11-21(2)3/h4-5,10,15,24H,6-9,11-13H2,1-3H3,(H,19,20). The molecular formula is C18H29N5O. The van der Waals surface area contributed by atoms with Crippen molar-refractivity contribution in [1.29, 1.82) is 0 Å². The quantitative estimate of drug-likeness (QED) is 0.824. The lowest BCUT2D eigenvalue weighted by Gasteiger charge is -2.35. The number of nitrogens with one attached hydrogen (secondary N) is 1. The van der Waals surface area contributed by atoms with Gasteiger partial charge in [-0.05, 0) is 38.7 Å². The summed E-state index contributed by atoms with van der Waals surface area (Å²) in [5.41, 5.74) is 3.42. The number of fused-ring (bicyclic) bond motifs is 1. The molecule has 1 aliphatic heterocycles. The van der Waals surface area contributed by atoms with Crippen LogP contribution in [0.5, 0.6) is 0 Å². The van der Waals surface area contributed by atoms with Gasteiger partial charge in [-0.1, -0.05) is 6.07 Å². The highest BCUT2D eigenvalue weighted by atomic mass is 16.3. The van der Waals surface area contributed by atoms with Crippen LogP contribution in [0.15, 0.2) is 18.2 Å². The fourth-order valence-corrected chi connectivity index (χ4v) is 3.37. The second kappa shape index (κ2) is 7.61. The molecule has 2 N–H and O–H groups in total. The van der Waals surface area contributed by atoms with Crippen molar-refractivity contribution in [2.45, 2.75) is 19.6 Å². The minimum absolute atomic E-state index is 0.273. The Morgan fingerprint density at radius 3 is 2.62 bits per heavy atom. The molecule has 1 aromatic carbocycles. The van der Waals surface area contributed by atoms with Crippen molar-refractivity contribution in [1.82, 2.24) is 24.7 Å². The lowest BCUT2D eigenvalue weighted by Crippen LogP contribution is -2.49. The minimum atomic E-state index is -0.273. The highest BCUT2D eigenvalue weighted by molar-refractivity contribution is 5.75. The second-order valence-electron chi connectivity index (χ2n) is 7.20. The van der Waals surface area contributed by atoms with E-state index in [-0.39, 0.29) is 6.10 Å². The number of aromatic amines is 1. The summed E-state index contributed by atoms with van der Waals surface area (Å²) in [6, 6.07) is 6.33. The predicted molar refractivity (Wildman–Crippen MR) is 97.1 cm³/mol. The van der Waals surface area contributed by atoms with Crippen LogP contribution in [0.25, 0.3) is 11.0 Å². The fraction of sp³-hybridized carbons (Fsp3) is 0.611. The molecule has 0 radical (unpaired) electrons. The molecule has 0 aliphatic carbocycles. The van der Waals surface area contributed by atoms with Crippen LogP contribution in [0.2, 0.25) is 0 Å². The molecule has 0 saturated carbocycles. The first kappa shape index (κ1) is 17.4. The Morgan fingerprint density at radius 1 is 1.21 bits per heavy atom. The Labute approximate surface area is 144 Å². The van der Waals surface area contributed by atoms with E-state index in [4.69, 9.17) is 4.98 Å². The van der Waals surface area contributed by atoms with Crippen molar-refractivity contribution in [2.24, 2.45) is 0 Å². The van der Waals surface area contributed by atoms with E-state index in [0.717, 1.165) is 62.7 Å². The summed E-state index contributed by atoms with van der Waals surface area (Å²) >= 11 is 0.